The molecule has 0 aliphatic rings. The predicted octanol–water partition coefficient (Wildman–Crippen LogP) is 5.28. The molecule has 5 N–H and O–H groups in total. The largest absolute Gasteiger partial charge is 0.389 e. The molecule has 15 heteroatoms. The molecule has 3 aromatic carbocycles. The summed E-state index contributed by atoms with van der Waals surface area (Å²) in [6.45, 7) is 1.71. The average molecular weight is 586 g/mol. The van der Waals surface area contributed by atoms with Crippen LogP contribution in [0.15, 0.2) is 74.6 Å². The Kier molecular flexibility index (Phi) is 7.50. The normalized spacial score (nSPS) is 12.1. The average Bonchev–Trinajstić information content (AvgIpc) is 3.20. The van der Waals surface area contributed by atoms with E-state index < -0.39 is 30.0 Å². The first-order valence-electron chi connectivity index (χ1n) is 11.0. The number of nitriles is 1. The molecule has 0 unspecified atom stereocenters. The van der Waals surface area contributed by atoms with Crippen molar-refractivity contribution in [3.05, 3.63) is 60.2 Å². The standard InChI is InChI=1S/C24H19N5O7S3/c1-2-21(30)27-14-8-6-13(7-9-14)22-18(12-25)23(26)37-24(22)29-28-15-10-17-16(20(11-15)39(34,35)36)4-3-5-19(17)38(31,32)33/h3-11H,2,26H2,1H3,(H,27,30)(H,31,32,33)(H,34,35,36). The van der Waals surface area contributed by atoms with E-state index in [-0.39, 0.29) is 37.9 Å². The summed E-state index contributed by atoms with van der Waals surface area (Å²) < 4.78 is 67.3. The summed E-state index contributed by atoms with van der Waals surface area (Å²) in [6.07, 6.45) is 0.297. The Morgan fingerprint density at radius 1 is 1.00 bits per heavy atom. The molecular weight excluding hydrogens is 566 g/mol. The van der Waals surface area contributed by atoms with E-state index in [1.165, 1.54) is 18.2 Å². The number of anilines is 2. The fourth-order valence-electron chi connectivity index (χ4n) is 3.76. The van der Waals surface area contributed by atoms with Gasteiger partial charge in [0.25, 0.3) is 20.2 Å². The van der Waals surface area contributed by atoms with E-state index in [0.29, 0.717) is 23.2 Å². The molecule has 39 heavy (non-hydrogen) atoms. The molecule has 0 radical (unpaired) electrons. The predicted molar refractivity (Wildman–Crippen MR) is 146 cm³/mol. The minimum absolute atomic E-state index is 0.130. The lowest BCUT2D eigenvalue weighted by Crippen LogP contribution is -2.08. The highest BCUT2D eigenvalue weighted by Gasteiger charge is 2.22. The van der Waals surface area contributed by atoms with Crippen molar-refractivity contribution in [1.29, 1.82) is 5.26 Å². The molecule has 0 atom stereocenters. The van der Waals surface area contributed by atoms with Gasteiger partial charge in [0, 0.05) is 28.4 Å². The van der Waals surface area contributed by atoms with Crippen molar-refractivity contribution >= 4 is 69.6 Å². The number of hydrogen-bond acceptors (Lipinski definition) is 10. The van der Waals surface area contributed by atoms with Gasteiger partial charge in [-0.3, -0.25) is 13.9 Å². The molecule has 0 saturated heterocycles. The van der Waals surface area contributed by atoms with Crippen LogP contribution in [0.3, 0.4) is 0 Å². The third-order valence-corrected chi connectivity index (χ3v) is 8.23. The maximum Gasteiger partial charge on any atom is 0.295 e. The van der Waals surface area contributed by atoms with E-state index in [1.54, 1.807) is 31.2 Å². The Labute approximate surface area is 226 Å². The highest BCUT2D eigenvalue weighted by atomic mass is 32.2. The van der Waals surface area contributed by atoms with Gasteiger partial charge in [-0.15, -0.1) is 10.2 Å². The molecule has 1 heterocycles. The molecule has 0 aliphatic carbocycles. The van der Waals surface area contributed by atoms with Crippen molar-refractivity contribution < 1.29 is 30.7 Å². The second-order valence-corrected chi connectivity index (χ2v) is 11.9. The number of carbonyl (C=O) groups is 1. The number of nitrogen functional groups attached to an aromatic ring is 1. The number of thiophene rings is 1. The topological polar surface area (TPSA) is 212 Å². The maximum absolute atomic E-state index is 12.1. The lowest BCUT2D eigenvalue weighted by atomic mass is 10.0. The van der Waals surface area contributed by atoms with Gasteiger partial charge < -0.3 is 11.1 Å². The molecule has 0 fully saturated rings. The second-order valence-electron chi connectivity index (χ2n) is 8.06. The molecule has 12 nitrogen and oxygen atoms in total. The molecule has 0 saturated carbocycles. The van der Waals surface area contributed by atoms with Crippen LogP contribution in [0, 0.1) is 11.3 Å². The van der Waals surface area contributed by atoms with Crippen LogP contribution in [-0.2, 0) is 25.0 Å². The highest BCUT2D eigenvalue weighted by Crippen LogP contribution is 2.45. The van der Waals surface area contributed by atoms with E-state index in [1.807, 2.05) is 6.07 Å². The van der Waals surface area contributed by atoms with Crippen molar-refractivity contribution in [2.75, 3.05) is 11.1 Å². The van der Waals surface area contributed by atoms with Crippen molar-refractivity contribution in [2.24, 2.45) is 10.2 Å². The maximum atomic E-state index is 12.1. The quantitative estimate of drug-likeness (QED) is 0.164. The van der Waals surface area contributed by atoms with Gasteiger partial charge in [-0.25, -0.2) is 0 Å². The van der Waals surface area contributed by atoms with Gasteiger partial charge in [-0.2, -0.15) is 22.1 Å². The van der Waals surface area contributed by atoms with E-state index >= 15 is 0 Å². The highest BCUT2D eigenvalue weighted by molar-refractivity contribution is 7.86. The van der Waals surface area contributed by atoms with E-state index in [4.69, 9.17) is 5.73 Å². The number of carbonyl (C=O) groups excluding carboxylic acids is 1. The molecule has 0 spiro atoms. The Morgan fingerprint density at radius 3 is 2.26 bits per heavy atom. The minimum atomic E-state index is -4.84. The van der Waals surface area contributed by atoms with Crippen LogP contribution in [0.5, 0.6) is 0 Å². The third-order valence-electron chi connectivity index (χ3n) is 5.52. The number of benzene rings is 3. The Morgan fingerprint density at radius 2 is 1.67 bits per heavy atom. The van der Waals surface area contributed by atoms with Crippen LogP contribution in [0.1, 0.15) is 18.9 Å². The lowest BCUT2D eigenvalue weighted by Gasteiger charge is -2.09. The first-order valence-corrected chi connectivity index (χ1v) is 14.7. The monoisotopic (exact) mass is 585 g/mol. The number of nitrogens with zero attached hydrogens (tertiary/aromatic N) is 3. The van der Waals surface area contributed by atoms with Crippen molar-refractivity contribution in [2.45, 2.75) is 23.1 Å². The number of fused-ring (bicyclic) bond motifs is 1. The molecule has 1 aromatic heterocycles. The van der Waals surface area contributed by atoms with Crippen LogP contribution in [0.2, 0.25) is 0 Å². The van der Waals surface area contributed by atoms with Gasteiger partial charge in [-0.05, 0) is 35.9 Å². The Balaban J connectivity index is 1.86. The number of nitrogens with two attached hydrogens (primary N) is 1. The fraction of sp³-hybridized carbons (Fsp3) is 0.0833. The zero-order chi connectivity index (χ0) is 28.5. The zero-order valence-corrected chi connectivity index (χ0v) is 22.4. The fourth-order valence-corrected chi connectivity index (χ4v) is 6.05. The second kappa shape index (κ2) is 10.5. The molecule has 0 aliphatic heterocycles. The van der Waals surface area contributed by atoms with Crippen molar-refractivity contribution in [3.8, 4) is 17.2 Å². The van der Waals surface area contributed by atoms with E-state index in [9.17, 15) is 36.0 Å². The molecular formula is C24H19N5O7S3. The summed E-state index contributed by atoms with van der Waals surface area (Å²) in [5, 5.41) is 20.5. The van der Waals surface area contributed by atoms with Crippen molar-refractivity contribution in [1.82, 2.24) is 0 Å². The number of nitrogens with one attached hydrogen (secondary N) is 1. The zero-order valence-electron chi connectivity index (χ0n) is 20.0. The lowest BCUT2D eigenvalue weighted by molar-refractivity contribution is -0.115. The molecule has 1 amide bonds. The van der Waals surface area contributed by atoms with Crippen molar-refractivity contribution in [3.63, 3.8) is 0 Å². The number of rotatable bonds is 7. The summed E-state index contributed by atoms with van der Waals surface area (Å²) in [6, 6.07) is 14.3. The Bertz CT molecular complexity index is 1910. The van der Waals surface area contributed by atoms with Crippen LogP contribution in [-0.4, -0.2) is 31.8 Å². The minimum Gasteiger partial charge on any atom is -0.389 e. The summed E-state index contributed by atoms with van der Waals surface area (Å²) in [5.41, 5.74) is 7.41. The van der Waals surface area contributed by atoms with E-state index in [0.717, 1.165) is 23.5 Å². The smallest absolute Gasteiger partial charge is 0.295 e. The summed E-state index contributed by atoms with van der Waals surface area (Å²) in [7, 11) is -9.60. The van der Waals surface area contributed by atoms with E-state index in [2.05, 4.69) is 15.5 Å². The van der Waals surface area contributed by atoms with Gasteiger partial charge >= 0.3 is 0 Å². The summed E-state index contributed by atoms with van der Waals surface area (Å²) in [4.78, 5) is 10.4. The van der Waals surface area contributed by atoms with Crippen LogP contribution in [0.4, 0.5) is 21.4 Å². The summed E-state index contributed by atoms with van der Waals surface area (Å²) >= 11 is 0.941. The first kappa shape index (κ1) is 27.8. The first-order chi connectivity index (χ1) is 18.3. The van der Waals surface area contributed by atoms with Gasteiger partial charge in [0.2, 0.25) is 5.91 Å². The van der Waals surface area contributed by atoms with Crippen LogP contribution >= 0.6 is 11.3 Å². The number of azo groups is 1. The van der Waals surface area contributed by atoms with Gasteiger partial charge in [0.05, 0.1) is 11.3 Å². The molecule has 200 valence electrons. The van der Waals surface area contributed by atoms with Gasteiger partial charge in [-0.1, -0.05) is 42.5 Å². The molecule has 4 aromatic rings. The molecule has 0 bridgehead atoms. The van der Waals surface area contributed by atoms with Gasteiger partial charge in [0.1, 0.15) is 25.9 Å². The SMILES string of the molecule is CCC(=O)Nc1ccc(-c2c(N=Nc3cc(S(=O)(=O)O)c4cccc(S(=O)(=O)O)c4c3)sc(N)c2C#N)cc1. The third kappa shape index (κ3) is 5.79. The summed E-state index contributed by atoms with van der Waals surface area (Å²) in [5.74, 6) is -0.175. The van der Waals surface area contributed by atoms with Crippen LogP contribution < -0.4 is 11.1 Å². The Hall–Kier alpha value is -4.20. The van der Waals surface area contributed by atoms with Gasteiger partial charge in [0.15, 0.2) is 0 Å². The number of amides is 1. The number of hydrogen-bond donors (Lipinski definition) is 4. The van der Waals surface area contributed by atoms with Crippen LogP contribution in [0.25, 0.3) is 21.9 Å². The molecule has 4 rings (SSSR count).